The number of anilines is 4. The molecule has 0 aliphatic rings. The molecular weight excluding hydrogens is 865 g/mol. The highest BCUT2D eigenvalue weighted by molar-refractivity contribution is 6.04. The number of unbranched alkanes of at least 4 members (excludes halogenated alkanes) is 2. The van der Waals surface area contributed by atoms with Crippen molar-refractivity contribution >= 4 is 52.6 Å². The minimum atomic E-state index is -0.524. The van der Waals surface area contributed by atoms with E-state index in [1.807, 2.05) is 37.3 Å². The molecule has 362 valence electrons. The number of benzene rings is 3. The Morgan fingerprint density at radius 2 is 1.26 bits per heavy atom. The van der Waals surface area contributed by atoms with Crippen LogP contribution in [0.15, 0.2) is 98.7 Å². The van der Waals surface area contributed by atoms with Gasteiger partial charge in [0.1, 0.15) is 11.4 Å². The lowest BCUT2D eigenvalue weighted by Gasteiger charge is -2.25. The summed E-state index contributed by atoms with van der Waals surface area (Å²) >= 11 is 0. The third-order valence-electron chi connectivity index (χ3n) is 11.5. The zero-order valence-corrected chi connectivity index (χ0v) is 40.0. The second-order valence-corrected chi connectivity index (χ2v) is 16.5. The fourth-order valence-electron chi connectivity index (χ4n) is 7.70. The lowest BCUT2D eigenvalue weighted by atomic mass is 9.96. The first-order valence-electron chi connectivity index (χ1n) is 23.6. The number of amides is 5. The molecule has 0 saturated carbocycles. The van der Waals surface area contributed by atoms with Crippen LogP contribution in [0.5, 0.6) is 5.75 Å². The van der Waals surface area contributed by atoms with Gasteiger partial charge in [0.15, 0.2) is 0 Å². The summed E-state index contributed by atoms with van der Waals surface area (Å²) in [4.78, 5) is 80.0. The first kappa shape index (κ1) is 51.6. The van der Waals surface area contributed by atoms with E-state index in [0.717, 1.165) is 74.0 Å². The molecule has 68 heavy (non-hydrogen) atoms. The van der Waals surface area contributed by atoms with E-state index in [2.05, 4.69) is 89.3 Å². The molecule has 3 aromatic carbocycles. The molecule has 0 spiro atoms. The van der Waals surface area contributed by atoms with Crippen molar-refractivity contribution in [3.8, 4) is 5.75 Å². The SMILES string of the molecule is CCCCC(CC)c1cc(=O)nc(NC(=O)NCCCN(CCNC(=O)Nc2nc(=O)cc(C(CC)CCCC)[nH]2)c2ccc(/N=N/c3cc(C)c(NC(=O)c4ccccc4)cc3OC)cc2)[nH]1. The average molecular weight is 931 g/mol. The van der Waals surface area contributed by atoms with Gasteiger partial charge in [-0.25, -0.2) is 9.59 Å². The van der Waals surface area contributed by atoms with Crippen molar-refractivity contribution < 1.29 is 19.1 Å². The molecule has 0 aliphatic heterocycles. The molecule has 2 atom stereocenters. The molecule has 0 bridgehead atoms. The summed E-state index contributed by atoms with van der Waals surface area (Å²) < 4.78 is 5.60. The van der Waals surface area contributed by atoms with Crippen LogP contribution in [0.25, 0.3) is 0 Å². The van der Waals surface area contributed by atoms with Gasteiger partial charge in [-0.05, 0) is 98.9 Å². The van der Waals surface area contributed by atoms with Gasteiger partial charge in [-0.3, -0.25) is 25.0 Å². The maximum absolute atomic E-state index is 13.1. The molecule has 7 N–H and O–H groups in total. The monoisotopic (exact) mass is 931 g/mol. The summed E-state index contributed by atoms with van der Waals surface area (Å²) in [6, 6.07) is 21.8. The van der Waals surface area contributed by atoms with Crippen LogP contribution < -0.4 is 47.3 Å². The number of nitrogens with one attached hydrogen (secondary N) is 7. The van der Waals surface area contributed by atoms with Crippen molar-refractivity contribution in [2.75, 3.05) is 54.1 Å². The number of hydrogen-bond acceptors (Lipinski definition) is 11. The Hall–Kier alpha value is -7.37. The predicted octanol–water partition coefficient (Wildman–Crippen LogP) is 10.0. The van der Waals surface area contributed by atoms with Crippen molar-refractivity contribution in [2.45, 2.75) is 104 Å². The van der Waals surface area contributed by atoms with Gasteiger partial charge < -0.3 is 35.6 Å². The number of rotatable bonds is 25. The van der Waals surface area contributed by atoms with Gasteiger partial charge >= 0.3 is 12.1 Å². The zero-order valence-electron chi connectivity index (χ0n) is 40.0. The van der Waals surface area contributed by atoms with Gasteiger partial charge in [0.05, 0.1) is 12.8 Å². The first-order chi connectivity index (χ1) is 32.9. The number of H-pyrrole nitrogens is 2. The number of azo groups is 1. The number of nitrogens with zero attached hydrogens (tertiary/aromatic N) is 5. The largest absolute Gasteiger partial charge is 0.494 e. The number of carbonyl (C=O) groups is 3. The molecule has 5 amide bonds. The van der Waals surface area contributed by atoms with Crippen LogP contribution in [0, 0.1) is 6.92 Å². The Kier molecular flexibility index (Phi) is 20.3. The van der Waals surface area contributed by atoms with E-state index >= 15 is 0 Å². The van der Waals surface area contributed by atoms with Crippen LogP contribution in [0.3, 0.4) is 0 Å². The van der Waals surface area contributed by atoms with Crippen molar-refractivity contribution in [2.24, 2.45) is 10.2 Å². The molecule has 0 fully saturated rings. The molecule has 18 nitrogen and oxygen atoms in total. The number of hydrogen-bond donors (Lipinski definition) is 7. The van der Waals surface area contributed by atoms with E-state index in [-0.39, 0.29) is 36.2 Å². The van der Waals surface area contributed by atoms with Crippen molar-refractivity contribution in [1.82, 2.24) is 30.6 Å². The highest BCUT2D eigenvalue weighted by atomic mass is 16.5. The fourth-order valence-corrected chi connectivity index (χ4v) is 7.70. The molecule has 0 saturated heterocycles. The van der Waals surface area contributed by atoms with E-state index < -0.39 is 23.2 Å². The number of urea groups is 2. The maximum Gasteiger partial charge on any atom is 0.321 e. The van der Waals surface area contributed by atoms with E-state index in [4.69, 9.17) is 4.74 Å². The third-order valence-corrected chi connectivity index (χ3v) is 11.5. The highest BCUT2D eigenvalue weighted by Crippen LogP contribution is 2.35. The number of methoxy groups -OCH3 is 1. The van der Waals surface area contributed by atoms with Gasteiger partial charge in [0.2, 0.25) is 11.9 Å². The van der Waals surface area contributed by atoms with Crippen LogP contribution >= 0.6 is 0 Å². The first-order valence-corrected chi connectivity index (χ1v) is 23.6. The Morgan fingerprint density at radius 1 is 0.691 bits per heavy atom. The summed E-state index contributed by atoms with van der Waals surface area (Å²) in [5, 5.41) is 22.9. The van der Waals surface area contributed by atoms with E-state index in [0.29, 0.717) is 54.4 Å². The standard InChI is InChI=1S/C50H66N12O6/c1-7-11-17-34(9-3)40-31-44(63)56-47(54-40)58-49(66)51-25-16-27-62(28-26-52-50(67)59-48-55-41(32-45(64)57-48)35(10-4)18-12-8-2)38-23-21-37(22-24-38)60-61-42-29-33(5)39(30-43(42)68-6)53-46(65)36-19-14-13-15-20-36/h13-15,19-24,29-32,34-35H,7-12,16-18,25-28H2,1-6H3,(H,53,65)(H3,51,54,56,58,63,66)(H3,52,55,57,59,64,67)/b61-60+. The summed E-state index contributed by atoms with van der Waals surface area (Å²) in [6.45, 7) is 11.6. The highest BCUT2D eigenvalue weighted by Gasteiger charge is 2.17. The lowest BCUT2D eigenvalue weighted by Crippen LogP contribution is -2.39. The van der Waals surface area contributed by atoms with Crippen LogP contribution in [0.1, 0.15) is 125 Å². The Labute approximate surface area is 397 Å². The minimum Gasteiger partial charge on any atom is -0.494 e. The van der Waals surface area contributed by atoms with E-state index in [1.54, 1.807) is 36.4 Å². The van der Waals surface area contributed by atoms with E-state index in [1.165, 1.54) is 19.2 Å². The average Bonchev–Trinajstić information content (AvgIpc) is 3.33. The van der Waals surface area contributed by atoms with Crippen LogP contribution in [-0.2, 0) is 0 Å². The van der Waals surface area contributed by atoms with Gasteiger partial charge in [0, 0.05) is 72.7 Å². The summed E-state index contributed by atoms with van der Waals surface area (Å²) in [6.07, 6.45) is 8.19. The van der Waals surface area contributed by atoms with Crippen molar-refractivity contribution in [3.05, 3.63) is 122 Å². The van der Waals surface area contributed by atoms with Gasteiger partial charge in [0.25, 0.3) is 17.0 Å². The fraction of sp³-hybridized carbons (Fsp3) is 0.420. The zero-order chi connectivity index (χ0) is 48.8. The normalized spacial score (nSPS) is 12.0. The molecule has 0 aliphatic carbocycles. The number of aromatic amines is 2. The smallest absolute Gasteiger partial charge is 0.321 e. The maximum atomic E-state index is 13.1. The Bertz CT molecular complexity index is 2560. The second kappa shape index (κ2) is 26.7. The van der Waals surface area contributed by atoms with Gasteiger partial charge in [-0.2, -0.15) is 15.1 Å². The number of ether oxygens (including phenoxy) is 1. The molecule has 5 aromatic rings. The topological polar surface area (TPSA) is 240 Å². The number of aryl methyl sites for hydroxylation is 1. The Balaban J connectivity index is 1.25. The predicted molar refractivity (Wildman–Crippen MR) is 268 cm³/mol. The third kappa shape index (κ3) is 15.9. The van der Waals surface area contributed by atoms with Crippen molar-refractivity contribution in [3.63, 3.8) is 0 Å². The molecule has 2 aromatic heterocycles. The van der Waals surface area contributed by atoms with Gasteiger partial charge in [-0.1, -0.05) is 71.6 Å². The lowest BCUT2D eigenvalue weighted by molar-refractivity contribution is 0.102. The summed E-state index contributed by atoms with van der Waals surface area (Å²) in [5.41, 5.74) is 4.42. The quantitative estimate of drug-likeness (QED) is 0.0217. The molecule has 5 rings (SSSR count). The molecule has 2 heterocycles. The van der Waals surface area contributed by atoms with Crippen LogP contribution in [-0.4, -0.2) is 71.2 Å². The molecule has 18 heteroatoms. The number of aromatic nitrogens is 4. The number of carbonyl (C=O) groups excluding carboxylic acids is 3. The van der Waals surface area contributed by atoms with Crippen molar-refractivity contribution in [1.29, 1.82) is 0 Å². The summed E-state index contributed by atoms with van der Waals surface area (Å²) in [7, 11) is 1.53. The molecular formula is C50H66N12O6. The van der Waals surface area contributed by atoms with Crippen LogP contribution in [0.2, 0.25) is 0 Å². The molecule has 0 radical (unpaired) electrons. The van der Waals surface area contributed by atoms with E-state index in [9.17, 15) is 24.0 Å². The Morgan fingerprint density at radius 3 is 1.81 bits per heavy atom. The van der Waals surface area contributed by atoms with Crippen LogP contribution in [0.4, 0.5) is 44.2 Å². The molecule has 2 unspecified atom stereocenters. The summed E-state index contributed by atoms with van der Waals surface area (Å²) in [5.74, 6) is 0.671. The van der Waals surface area contributed by atoms with Gasteiger partial charge in [-0.15, -0.1) is 5.11 Å². The second-order valence-electron chi connectivity index (χ2n) is 16.5. The minimum absolute atomic E-state index is 0.0807.